The zero-order valence-electron chi connectivity index (χ0n) is 9.93. The zero-order chi connectivity index (χ0) is 13.0. The lowest BCUT2D eigenvalue weighted by molar-refractivity contribution is -0.117. The van der Waals surface area contributed by atoms with Gasteiger partial charge in [0, 0.05) is 6.04 Å². The van der Waals surface area contributed by atoms with Crippen LogP contribution in [0.1, 0.15) is 18.4 Å². The monoisotopic (exact) mass is 265 g/mol. The third-order valence-corrected chi connectivity index (χ3v) is 3.92. The molecule has 1 saturated heterocycles. The van der Waals surface area contributed by atoms with Crippen molar-refractivity contribution in [1.82, 2.24) is 4.90 Å². The number of hydrogen-bond acceptors (Lipinski definition) is 5. The van der Waals surface area contributed by atoms with Gasteiger partial charge in [-0.25, -0.2) is 0 Å². The Morgan fingerprint density at radius 1 is 1.72 bits per heavy atom. The summed E-state index contributed by atoms with van der Waals surface area (Å²) in [5.74, 6) is -0.130. The lowest BCUT2D eigenvalue weighted by atomic mass is 10.2. The summed E-state index contributed by atoms with van der Waals surface area (Å²) in [6.45, 7) is 1.21. The van der Waals surface area contributed by atoms with Crippen LogP contribution in [0.5, 0.6) is 0 Å². The molecule has 5 nitrogen and oxygen atoms in total. The molecule has 0 aliphatic carbocycles. The van der Waals surface area contributed by atoms with Gasteiger partial charge in [-0.15, -0.1) is 11.3 Å². The molecule has 96 valence electrons. The van der Waals surface area contributed by atoms with Gasteiger partial charge in [-0.2, -0.15) is 5.26 Å². The van der Waals surface area contributed by atoms with Crippen molar-refractivity contribution in [2.75, 3.05) is 25.0 Å². The fourth-order valence-corrected chi connectivity index (χ4v) is 2.91. The van der Waals surface area contributed by atoms with Crippen molar-refractivity contribution in [3.8, 4) is 6.07 Å². The fourth-order valence-electron chi connectivity index (χ4n) is 2.15. The van der Waals surface area contributed by atoms with Gasteiger partial charge in [-0.1, -0.05) is 0 Å². The summed E-state index contributed by atoms with van der Waals surface area (Å²) in [5, 5.41) is 23.1. The molecule has 2 heterocycles. The second kappa shape index (κ2) is 5.96. The number of nitriles is 1. The van der Waals surface area contributed by atoms with Gasteiger partial charge in [0.1, 0.15) is 11.1 Å². The van der Waals surface area contributed by atoms with Gasteiger partial charge in [-0.05, 0) is 30.8 Å². The van der Waals surface area contributed by atoms with Crippen LogP contribution in [0.25, 0.3) is 0 Å². The molecule has 1 aliphatic heterocycles. The summed E-state index contributed by atoms with van der Waals surface area (Å²) < 4.78 is 0. The minimum Gasteiger partial charge on any atom is -0.395 e. The molecule has 18 heavy (non-hydrogen) atoms. The van der Waals surface area contributed by atoms with E-state index in [4.69, 9.17) is 5.26 Å². The van der Waals surface area contributed by atoms with Gasteiger partial charge >= 0.3 is 0 Å². The first-order valence-corrected chi connectivity index (χ1v) is 6.75. The van der Waals surface area contributed by atoms with Crippen LogP contribution in [0.2, 0.25) is 0 Å². The molecule has 2 N–H and O–H groups in total. The third-order valence-electron chi connectivity index (χ3n) is 3.10. The van der Waals surface area contributed by atoms with E-state index in [0.717, 1.165) is 19.4 Å². The largest absolute Gasteiger partial charge is 0.395 e. The van der Waals surface area contributed by atoms with Crippen LogP contribution in [0, 0.1) is 11.3 Å². The Kier molecular flexibility index (Phi) is 4.31. The number of nitrogens with zero attached hydrogens (tertiary/aromatic N) is 2. The zero-order valence-corrected chi connectivity index (χ0v) is 10.7. The number of anilines is 1. The molecule has 1 fully saturated rings. The molecule has 0 unspecified atom stereocenters. The first-order valence-electron chi connectivity index (χ1n) is 5.87. The Bertz CT molecular complexity index is 466. The van der Waals surface area contributed by atoms with E-state index in [-0.39, 0.29) is 25.1 Å². The second-order valence-electron chi connectivity index (χ2n) is 4.27. The van der Waals surface area contributed by atoms with Gasteiger partial charge in [0.25, 0.3) is 0 Å². The number of likely N-dealkylation sites (tertiary alicyclic amines) is 1. The van der Waals surface area contributed by atoms with Gasteiger partial charge in [0.15, 0.2) is 0 Å². The molecule has 0 bridgehead atoms. The van der Waals surface area contributed by atoms with E-state index in [9.17, 15) is 9.90 Å². The minimum atomic E-state index is -0.130. The molecule has 6 heteroatoms. The van der Waals surface area contributed by atoms with Crippen LogP contribution in [-0.2, 0) is 4.79 Å². The quantitative estimate of drug-likeness (QED) is 0.852. The summed E-state index contributed by atoms with van der Waals surface area (Å²) >= 11 is 1.34. The molecule has 1 amide bonds. The SMILES string of the molecule is N#Cc1ccsc1NC(=O)CN1CCC[C@@H]1CO. The van der Waals surface area contributed by atoms with E-state index >= 15 is 0 Å². The fraction of sp³-hybridized carbons (Fsp3) is 0.500. The highest BCUT2D eigenvalue weighted by Gasteiger charge is 2.25. The molecule has 1 aliphatic rings. The number of aliphatic hydroxyl groups is 1. The van der Waals surface area contributed by atoms with Crippen LogP contribution in [0.4, 0.5) is 5.00 Å². The number of hydrogen-bond donors (Lipinski definition) is 2. The Morgan fingerprint density at radius 3 is 3.28 bits per heavy atom. The number of aliphatic hydroxyl groups excluding tert-OH is 1. The summed E-state index contributed by atoms with van der Waals surface area (Å²) in [4.78, 5) is 13.8. The molecular formula is C12H15N3O2S. The Labute approximate surface area is 110 Å². The summed E-state index contributed by atoms with van der Waals surface area (Å²) in [6, 6.07) is 3.82. The van der Waals surface area contributed by atoms with Crippen molar-refractivity contribution < 1.29 is 9.90 Å². The maximum Gasteiger partial charge on any atom is 0.239 e. The van der Waals surface area contributed by atoms with Crippen molar-refractivity contribution in [2.45, 2.75) is 18.9 Å². The van der Waals surface area contributed by atoms with Gasteiger partial charge in [0.2, 0.25) is 5.91 Å². The van der Waals surface area contributed by atoms with E-state index in [0.29, 0.717) is 10.6 Å². The highest BCUT2D eigenvalue weighted by atomic mass is 32.1. The van der Waals surface area contributed by atoms with Crippen LogP contribution in [-0.4, -0.2) is 41.7 Å². The summed E-state index contributed by atoms with van der Waals surface area (Å²) in [7, 11) is 0. The minimum absolute atomic E-state index is 0.0922. The van der Waals surface area contributed by atoms with E-state index in [2.05, 4.69) is 5.32 Å². The molecule has 0 spiro atoms. The van der Waals surface area contributed by atoms with Crippen molar-refractivity contribution >= 4 is 22.2 Å². The topological polar surface area (TPSA) is 76.4 Å². The third kappa shape index (κ3) is 2.88. The molecule has 0 radical (unpaired) electrons. The van der Waals surface area contributed by atoms with E-state index in [1.165, 1.54) is 11.3 Å². The van der Waals surface area contributed by atoms with E-state index in [1.54, 1.807) is 11.4 Å². The van der Waals surface area contributed by atoms with E-state index < -0.39 is 0 Å². The molecular weight excluding hydrogens is 250 g/mol. The van der Waals surface area contributed by atoms with E-state index in [1.807, 2.05) is 11.0 Å². The normalized spacial score (nSPS) is 19.7. The van der Waals surface area contributed by atoms with Crippen LogP contribution in [0.15, 0.2) is 11.4 Å². The molecule has 0 saturated carbocycles. The lowest BCUT2D eigenvalue weighted by Crippen LogP contribution is -2.38. The average Bonchev–Trinajstić information content (AvgIpc) is 2.97. The van der Waals surface area contributed by atoms with Crippen molar-refractivity contribution in [1.29, 1.82) is 5.26 Å². The number of carbonyl (C=O) groups excluding carboxylic acids is 1. The Hall–Kier alpha value is -1.42. The molecule has 1 atom stereocenters. The molecule has 0 aromatic carbocycles. The second-order valence-corrected chi connectivity index (χ2v) is 5.19. The van der Waals surface area contributed by atoms with Crippen molar-refractivity contribution in [3.05, 3.63) is 17.0 Å². The first-order chi connectivity index (χ1) is 8.74. The van der Waals surface area contributed by atoms with Gasteiger partial charge in [0.05, 0.1) is 18.7 Å². The number of thiophene rings is 1. The smallest absolute Gasteiger partial charge is 0.239 e. The maximum atomic E-state index is 11.9. The predicted octanol–water partition coefficient (Wildman–Crippen LogP) is 1.01. The lowest BCUT2D eigenvalue weighted by Gasteiger charge is -2.21. The Morgan fingerprint density at radius 2 is 2.56 bits per heavy atom. The molecule has 1 aromatic heterocycles. The van der Waals surface area contributed by atoms with Gasteiger partial charge < -0.3 is 10.4 Å². The highest BCUT2D eigenvalue weighted by Crippen LogP contribution is 2.22. The number of carbonyl (C=O) groups is 1. The average molecular weight is 265 g/mol. The van der Waals surface area contributed by atoms with Crippen LogP contribution < -0.4 is 5.32 Å². The van der Waals surface area contributed by atoms with Crippen molar-refractivity contribution in [2.24, 2.45) is 0 Å². The highest BCUT2D eigenvalue weighted by molar-refractivity contribution is 7.14. The molecule has 2 rings (SSSR count). The number of nitrogens with one attached hydrogen (secondary N) is 1. The molecule has 1 aromatic rings. The summed E-state index contributed by atoms with van der Waals surface area (Å²) in [5.41, 5.74) is 0.494. The van der Waals surface area contributed by atoms with Crippen LogP contribution in [0.3, 0.4) is 0 Å². The number of rotatable bonds is 4. The first kappa shape index (κ1) is 13.0. The standard InChI is InChI=1S/C12H15N3O2S/c13-6-9-3-5-18-12(9)14-11(17)7-15-4-1-2-10(15)8-16/h3,5,10,16H,1-2,4,7-8H2,(H,14,17)/t10-/m1/s1. The summed E-state index contributed by atoms with van der Waals surface area (Å²) in [6.07, 6.45) is 1.95. The van der Waals surface area contributed by atoms with Gasteiger partial charge in [-0.3, -0.25) is 9.69 Å². The maximum absolute atomic E-state index is 11.9. The van der Waals surface area contributed by atoms with Crippen LogP contribution >= 0.6 is 11.3 Å². The Balaban J connectivity index is 1.91. The van der Waals surface area contributed by atoms with Crippen molar-refractivity contribution in [3.63, 3.8) is 0 Å². The predicted molar refractivity (Wildman–Crippen MR) is 69.3 cm³/mol. The number of amides is 1.